The van der Waals surface area contributed by atoms with Crippen LogP contribution in [0.2, 0.25) is 10.3 Å². The summed E-state index contributed by atoms with van der Waals surface area (Å²) in [5.74, 6) is 1.95. The van der Waals surface area contributed by atoms with E-state index in [0.717, 1.165) is 5.75 Å². The van der Waals surface area contributed by atoms with Gasteiger partial charge in [-0.05, 0) is 35.0 Å². The van der Waals surface area contributed by atoms with Crippen molar-refractivity contribution in [2.45, 2.75) is 38.1 Å². The summed E-state index contributed by atoms with van der Waals surface area (Å²) in [5, 5.41) is 1.14. The summed E-state index contributed by atoms with van der Waals surface area (Å²) in [7, 11) is 0. The van der Waals surface area contributed by atoms with E-state index in [0.29, 0.717) is 39.4 Å². The molecule has 0 spiro atoms. The van der Waals surface area contributed by atoms with Gasteiger partial charge in [0.1, 0.15) is 19.9 Å². The SMILES string of the molecule is CCCCS.CCOC(=O)CCSc1ncc(Cl)nc1N.Nc1nc(Cl)cnc1Br.O=C=O. The Labute approximate surface area is 220 Å². The Balaban J connectivity index is 0. The molecule has 0 aliphatic carbocycles. The molecule has 0 fully saturated rings. The normalized spacial score (nSPS) is 9.03. The van der Waals surface area contributed by atoms with Crippen LogP contribution in [-0.4, -0.2) is 50.2 Å². The molecule has 0 aromatic carbocycles. The maximum absolute atomic E-state index is 11.0. The van der Waals surface area contributed by atoms with Crippen molar-refractivity contribution in [1.82, 2.24) is 19.9 Å². The summed E-state index contributed by atoms with van der Waals surface area (Å²) in [6, 6.07) is 0. The molecule has 2 rings (SSSR count). The van der Waals surface area contributed by atoms with Crippen molar-refractivity contribution < 1.29 is 19.1 Å². The van der Waals surface area contributed by atoms with Gasteiger partial charge >= 0.3 is 12.1 Å². The number of rotatable bonds is 7. The van der Waals surface area contributed by atoms with Gasteiger partial charge in [-0.1, -0.05) is 36.5 Å². The molecule has 0 amide bonds. The molecular weight excluding hydrogens is 579 g/mol. The summed E-state index contributed by atoms with van der Waals surface area (Å²) >= 11 is 19.5. The number of nitrogen functional groups attached to an aromatic ring is 2. The average molecular weight is 604 g/mol. The monoisotopic (exact) mass is 602 g/mol. The molecule has 0 atom stereocenters. The lowest BCUT2D eigenvalue weighted by Gasteiger charge is -2.03. The van der Waals surface area contributed by atoms with E-state index in [1.807, 2.05) is 0 Å². The van der Waals surface area contributed by atoms with Crippen molar-refractivity contribution in [2.24, 2.45) is 0 Å². The van der Waals surface area contributed by atoms with Crippen molar-refractivity contribution in [1.29, 1.82) is 0 Å². The van der Waals surface area contributed by atoms with Crippen LogP contribution in [0.4, 0.5) is 11.6 Å². The predicted molar refractivity (Wildman–Crippen MR) is 136 cm³/mol. The largest absolute Gasteiger partial charge is 0.466 e. The number of unbranched alkanes of at least 4 members (excludes halogenated alkanes) is 1. The van der Waals surface area contributed by atoms with Gasteiger partial charge < -0.3 is 16.2 Å². The third-order valence-electron chi connectivity index (χ3n) is 2.82. The molecule has 184 valence electrons. The van der Waals surface area contributed by atoms with Crippen molar-refractivity contribution in [3.05, 3.63) is 27.3 Å². The van der Waals surface area contributed by atoms with Crippen LogP contribution in [0.25, 0.3) is 0 Å². The number of carbonyl (C=O) groups is 1. The zero-order valence-corrected chi connectivity index (χ0v) is 22.8. The van der Waals surface area contributed by atoms with Crippen LogP contribution in [0.15, 0.2) is 22.0 Å². The molecule has 10 nitrogen and oxygen atoms in total. The number of halogens is 3. The first-order valence-electron chi connectivity index (χ1n) is 9.26. The number of hydrogen-bond donors (Lipinski definition) is 3. The molecule has 33 heavy (non-hydrogen) atoms. The minimum Gasteiger partial charge on any atom is -0.466 e. The van der Waals surface area contributed by atoms with Crippen LogP contribution in [0.1, 0.15) is 33.1 Å². The molecule has 2 aromatic rings. The quantitative estimate of drug-likeness (QED) is 0.234. The van der Waals surface area contributed by atoms with Crippen LogP contribution in [0, 0.1) is 0 Å². The molecule has 15 heteroatoms. The summed E-state index contributed by atoms with van der Waals surface area (Å²) in [6.45, 7) is 4.33. The topological polar surface area (TPSA) is 164 Å². The molecule has 4 N–H and O–H groups in total. The van der Waals surface area contributed by atoms with Gasteiger partial charge in [-0.2, -0.15) is 22.2 Å². The van der Waals surface area contributed by atoms with E-state index in [1.165, 1.54) is 37.0 Å². The molecule has 0 radical (unpaired) electrons. The zero-order valence-electron chi connectivity index (χ0n) is 18.0. The maximum Gasteiger partial charge on any atom is 0.373 e. The van der Waals surface area contributed by atoms with Crippen molar-refractivity contribution >= 4 is 87.3 Å². The minimum atomic E-state index is -0.226. The molecule has 2 aromatic heterocycles. The van der Waals surface area contributed by atoms with Crippen molar-refractivity contribution in [3.63, 3.8) is 0 Å². The first-order chi connectivity index (χ1) is 15.7. The molecule has 2 heterocycles. The standard InChI is InChI=1S/C9H12ClN3O2S.C4H3BrClN3.C4H10S.CO2/c1-2-15-7(14)3-4-16-9-8(11)13-6(10)5-12-9;5-3-4(7)9-2(6)1-8-3;1-2-3-4-5;2-1-3/h5H,2-4H2,1H3,(H2,11,13);1H,(H2,7,9);5H,2-4H2,1H3;. The Bertz CT molecular complexity index is 863. The molecule has 0 unspecified atom stereocenters. The van der Waals surface area contributed by atoms with Crippen LogP contribution in [0.5, 0.6) is 0 Å². The molecule has 0 saturated heterocycles. The second kappa shape index (κ2) is 22.2. The van der Waals surface area contributed by atoms with E-state index in [1.54, 1.807) is 6.92 Å². The number of carbonyl (C=O) groups excluding carboxylic acids is 3. The Hall–Kier alpha value is -1.63. The number of anilines is 2. The third kappa shape index (κ3) is 19.5. The van der Waals surface area contributed by atoms with Crippen molar-refractivity contribution in [2.75, 3.05) is 29.6 Å². The molecular formula is C18H25BrCl2N6O4S2. The number of ether oxygens (including phenoxy) is 1. The Morgan fingerprint density at radius 1 is 1.15 bits per heavy atom. The van der Waals surface area contributed by atoms with E-state index < -0.39 is 0 Å². The predicted octanol–water partition coefficient (Wildman–Crippen LogP) is 4.37. The lowest BCUT2D eigenvalue weighted by atomic mass is 10.4. The van der Waals surface area contributed by atoms with E-state index in [9.17, 15) is 4.79 Å². The number of aromatic nitrogens is 4. The van der Waals surface area contributed by atoms with E-state index in [-0.39, 0.29) is 23.1 Å². The fourth-order valence-electron chi connectivity index (χ4n) is 1.47. The first-order valence-corrected chi connectivity index (χ1v) is 12.4. The lowest BCUT2D eigenvalue weighted by molar-refractivity contribution is -0.191. The molecule has 0 bridgehead atoms. The summed E-state index contributed by atoms with van der Waals surface area (Å²) in [5.41, 5.74) is 10.9. The highest BCUT2D eigenvalue weighted by Gasteiger charge is 2.06. The van der Waals surface area contributed by atoms with E-state index in [2.05, 4.69) is 55.4 Å². The van der Waals surface area contributed by atoms with Gasteiger partial charge in [0.2, 0.25) is 0 Å². The zero-order chi connectivity index (χ0) is 25.6. The highest BCUT2D eigenvalue weighted by molar-refractivity contribution is 9.10. The van der Waals surface area contributed by atoms with Gasteiger partial charge in [-0.25, -0.2) is 19.9 Å². The number of esters is 1. The fraction of sp³-hybridized carbons (Fsp3) is 0.444. The van der Waals surface area contributed by atoms with Crippen LogP contribution in [0.3, 0.4) is 0 Å². The van der Waals surface area contributed by atoms with Crippen LogP contribution in [-0.2, 0) is 19.1 Å². The summed E-state index contributed by atoms with van der Waals surface area (Å²) < 4.78 is 5.31. The van der Waals surface area contributed by atoms with Crippen molar-refractivity contribution in [3.8, 4) is 0 Å². The minimum absolute atomic E-state index is 0.226. The van der Waals surface area contributed by atoms with E-state index in [4.69, 9.17) is 49.0 Å². The number of thiol groups is 1. The third-order valence-corrected chi connectivity index (χ3v) is 5.11. The Morgan fingerprint density at radius 2 is 1.70 bits per heavy atom. The van der Waals surface area contributed by atoms with Gasteiger partial charge in [-0.3, -0.25) is 4.79 Å². The van der Waals surface area contributed by atoms with Gasteiger partial charge in [0.05, 0.1) is 25.4 Å². The highest BCUT2D eigenvalue weighted by Crippen LogP contribution is 2.22. The highest BCUT2D eigenvalue weighted by atomic mass is 79.9. The van der Waals surface area contributed by atoms with Crippen LogP contribution < -0.4 is 11.5 Å². The second-order valence-electron chi connectivity index (χ2n) is 5.32. The molecule has 0 saturated carbocycles. The Morgan fingerprint density at radius 3 is 2.09 bits per heavy atom. The number of nitrogens with zero attached hydrogens (tertiary/aromatic N) is 4. The summed E-state index contributed by atoms with van der Waals surface area (Å²) in [4.78, 5) is 42.6. The van der Waals surface area contributed by atoms with Crippen LogP contribution >= 0.6 is 63.5 Å². The smallest absolute Gasteiger partial charge is 0.373 e. The average Bonchev–Trinajstić information content (AvgIpc) is 2.75. The lowest BCUT2D eigenvalue weighted by Crippen LogP contribution is -2.05. The fourth-order valence-corrected chi connectivity index (χ4v) is 3.04. The number of thioether (sulfide) groups is 1. The van der Waals surface area contributed by atoms with Gasteiger partial charge in [-0.15, -0.1) is 11.8 Å². The van der Waals surface area contributed by atoms with Gasteiger partial charge in [0, 0.05) is 5.75 Å². The molecule has 0 aliphatic heterocycles. The first kappa shape index (κ1) is 33.5. The van der Waals surface area contributed by atoms with E-state index >= 15 is 0 Å². The number of hydrogen-bond acceptors (Lipinski definition) is 12. The second-order valence-corrected chi connectivity index (χ2v) is 8.37. The summed E-state index contributed by atoms with van der Waals surface area (Å²) in [6.07, 6.45) is 5.93. The van der Waals surface area contributed by atoms with Gasteiger partial charge in [0.25, 0.3) is 0 Å². The number of nitrogens with two attached hydrogens (primary N) is 2. The maximum atomic E-state index is 11.0. The molecule has 0 aliphatic rings. The Kier molecular flexibility index (Phi) is 22.5. The van der Waals surface area contributed by atoms with Gasteiger partial charge in [0.15, 0.2) is 11.6 Å².